The van der Waals surface area contributed by atoms with Gasteiger partial charge in [-0.05, 0) is 35.9 Å². The number of benzene rings is 2. The minimum atomic E-state index is -0.802. The SMILES string of the molecule is O=C(COC(=O)[C@@H]1Cc2cc(Cl)ccc2O1)c1cccc(F)c1. The molecule has 0 N–H and O–H groups in total. The van der Waals surface area contributed by atoms with Crippen molar-refractivity contribution in [3.05, 3.63) is 64.4 Å². The summed E-state index contributed by atoms with van der Waals surface area (Å²) in [4.78, 5) is 23.9. The maximum absolute atomic E-state index is 13.1. The second-order valence-electron chi connectivity index (χ2n) is 5.10. The first-order valence-electron chi connectivity index (χ1n) is 6.93. The summed E-state index contributed by atoms with van der Waals surface area (Å²) >= 11 is 5.89. The van der Waals surface area contributed by atoms with Crippen molar-refractivity contribution in [1.29, 1.82) is 0 Å². The van der Waals surface area contributed by atoms with Gasteiger partial charge >= 0.3 is 5.97 Å². The molecule has 1 aliphatic heterocycles. The normalized spacial score (nSPS) is 15.7. The van der Waals surface area contributed by atoms with Crippen LogP contribution in [0.15, 0.2) is 42.5 Å². The van der Waals surface area contributed by atoms with Crippen LogP contribution in [0.5, 0.6) is 5.75 Å². The van der Waals surface area contributed by atoms with Crippen molar-refractivity contribution in [1.82, 2.24) is 0 Å². The third kappa shape index (κ3) is 3.51. The van der Waals surface area contributed by atoms with E-state index in [-0.39, 0.29) is 5.56 Å². The van der Waals surface area contributed by atoms with Gasteiger partial charge in [-0.2, -0.15) is 0 Å². The summed E-state index contributed by atoms with van der Waals surface area (Å²) in [6.45, 7) is -0.459. The lowest BCUT2D eigenvalue weighted by atomic mass is 10.1. The van der Waals surface area contributed by atoms with E-state index in [0.717, 1.165) is 11.6 Å². The predicted molar refractivity (Wildman–Crippen MR) is 81.3 cm³/mol. The number of esters is 1. The highest BCUT2D eigenvalue weighted by Crippen LogP contribution is 2.31. The van der Waals surface area contributed by atoms with Gasteiger partial charge in [-0.3, -0.25) is 4.79 Å². The van der Waals surface area contributed by atoms with Gasteiger partial charge < -0.3 is 9.47 Å². The Morgan fingerprint density at radius 1 is 1.26 bits per heavy atom. The lowest BCUT2D eigenvalue weighted by Crippen LogP contribution is -2.29. The summed E-state index contributed by atoms with van der Waals surface area (Å²) in [5.41, 5.74) is 0.969. The quantitative estimate of drug-likeness (QED) is 0.636. The second-order valence-corrected chi connectivity index (χ2v) is 5.54. The average molecular weight is 335 g/mol. The van der Waals surface area contributed by atoms with E-state index >= 15 is 0 Å². The van der Waals surface area contributed by atoms with Gasteiger partial charge in [0.25, 0.3) is 0 Å². The molecule has 0 spiro atoms. The van der Waals surface area contributed by atoms with Crippen LogP contribution in [-0.2, 0) is 16.0 Å². The zero-order valence-electron chi connectivity index (χ0n) is 11.9. The van der Waals surface area contributed by atoms with Gasteiger partial charge in [0.1, 0.15) is 11.6 Å². The maximum atomic E-state index is 13.1. The smallest absolute Gasteiger partial charge is 0.348 e. The molecule has 0 saturated carbocycles. The molecular formula is C17H12ClFO4. The Morgan fingerprint density at radius 3 is 2.87 bits per heavy atom. The fraction of sp³-hybridized carbons (Fsp3) is 0.176. The van der Waals surface area contributed by atoms with Gasteiger partial charge in [-0.15, -0.1) is 0 Å². The fourth-order valence-electron chi connectivity index (χ4n) is 2.32. The van der Waals surface area contributed by atoms with Crippen LogP contribution in [0.25, 0.3) is 0 Å². The maximum Gasteiger partial charge on any atom is 0.348 e. The van der Waals surface area contributed by atoms with Crippen LogP contribution < -0.4 is 4.74 Å². The van der Waals surface area contributed by atoms with Gasteiger partial charge in [0.15, 0.2) is 18.5 Å². The number of rotatable bonds is 4. The van der Waals surface area contributed by atoms with Crippen molar-refractivity contribution >= 4 is 23.4 Å². The molecule has 0 unspecified atom stereocenters. The molecule has 4 nitrogen and oxygen atoms in total. The Kier molecular flexibility index (Phi) is 4.30. The third-order valence-electron chi connectivity index (χ3n) is 3.45. The van der Waals surface area contributed by atoms with Crippen molar-refractivity contribution in [3.8, 4) is 5.75 Å². The number of Topliss-reactive ketones (excluding diaryl/α,β-unsaturated/α-hetero) is 1. The van der Waals surface area contributed by atoms with Crippen LogP contribution in [0.1, 0.15) is 15.9 Å². The molecule has 0 bridgehead atoms. The van der Waals surface area contributed by atoms with E-state index in [9.17, 15) is 14.0 Å². The van der Waals surface area contributed by atoms with E-state index in [1.807, 2.05) is 0 Å². The molecule has 23 heavy (non-hydrogen) atoms. The predicted octanol–water partition coefficient (Wildman–Crippen LogP) is 3.21. The highest BCUT2D eigenvalue weighted by molar-refractivity contribution is 6.30. The van der Waals surface area contributed by atoms with Crippen molar-refractivity contribution in [2.45, 2.75) is 12.5 Å². The molecular weight excluding hydrogens is 323 g/mol. The Morgan fingerprint density at radius 2 is 2.09 bits per heavy atom. The summed E-state index contributed by atoms with van der Waals surface area (Å²) in [6.07, 6.45) is -0.466. The number of ketones is 1. The highest BCUT2D eigenvalue weighted by atomic mass is 35.5. The fourth-order valence-corrected chi connectivity index (χ4v) is 2.52. The topological polar surface area (TPSA) is 52.6 Å². The molecule has 1 heterocycles. The van der Waals surface area contributed by atoms with E-state index in [0.29, 0.717) is 17.2 Å². The van der Waals surface area contributed by atoms with Gasteiger partial charge in [0.05, 0.1) is 0 Å². The van der Waals surface area contributed by atoms with Crippen molar-refractivity contribution in [2.75, 3.05) is 6.61 Å². The Bertz CT molecular complexity index is 775. The number of fused-ring (bicyclic) bond motifs is 1. The third-order valence-corrected chi connectivity index (χ3v) is 3.69. The summed E-state index contributed by atoms with van der Waals surface area (Å²) in [6, 6.07) is 10.3. The van der Waals surface area contributed by atoms with Crippen molar-refractivity contribution in [3.63, 3.8) is 0 Å². The molecule has 0 amide bonds. The second kappa shape index (κ2) is 6.38. The van der Waals surface area contributed by atoms with Gasteiger partial charge in [0, 0.05) is 17.0 Å². The van der Waals surface area contributed by atoms with Crippen LogP contribution >= 0.6 is 11.6 Å². The molecule has 2 aromatic rings. The van der Waals surface area contributed by atoms with Gasteiger partial charge in [-0.1, -0.05) is 23.7 Å². The molecule has 0 fully saturated rings. The van der Waals surface area contributed by atoms with Gasteiger partial charge in [0.2, 0.25) is 0 Å². The summed E-state index contributed by atoms with van der Waals surface area (Å²) in [5.74, 6) is -1.06. The van der Waals surface area contributed by atoms with E-state index in [2.05, 4.69) is 0 Å². The van der Waals surface area contributed by atoms with E-state index in [1.54, 1.807) is 18.2 Å². The minimum absolute atomic E-state index is 0.153. The van der Waals surface area contributed by atoms with Crippen LogP contribution in [0.4, 0.5) is 4.39 Å². The number of hydrogen-bond donors (Lipinski definition) is 0. The van der Waals surface area contributed by atoms with Crippen molar-refractivity contribution in [2.24, 2.45) is 0 Å². The largest absolute Gasteiger partial charge is 0.478 e. The molecule has 0 aromatic heterocycles. The summed E-state index contributed by atoms with van der Waals surface area (Å²) in [5, 5.41) is 0.558. The molecule has 1 atom stereocenters. The number of halogens is 2. The van der Waals surface area contributed by atoms with Crippen LogP contribution in [0, 0.1) is 5.82 Å². The Hall–Kier alpha value is -2.40. The molecule has 0 saturated heterocycles. The van der Waals surface area contributed by atoms with E-state index in [1.165, 1.54) is 18.2 Å². The van der Waals surface area contributed by atoms with Crippen LogP contribution in [0.2, 0.25) is 5.02 Å². The van der Waals surface area contributed by atoms with Crippen LogP contribution in [0.3, 0.4) is 0 Å². The first kappa shape index (κ1) is 15.5. The molecule has 118 valence electrons. The molecule has 2 aromatic carbocycles. The molecule has 0 aliphatic carbocycles. The molecule has 0 radical (unpaired) electrons. The zero-order chi connectivity index (χ0) is 16.4. The zero-order valence-corrected chi connectivity index (χ0v) is 12.7. The Labute approximate surface area is 136 Å². The van der Waals surface area contributed by atoms with Crippen molar-refractivity contribution < 1.29 is 23.5 Å². The molecule has 6 heteroatoms. The lowest BCUT2D eigenvalue weighted by molar-refractivity contribution is -0.149. The number of carbonyl (C=O) groups is 2. The summed E-state index contributed by atoms with van der Waals surface area (Å²) in [7, 11) is 0. The van der Waals surface area contributed by atoms with Crippen LogP contribution in [-0.4, -0.2) is 24.5 Å². The molecule has 1 aliphatic rings. The summed E-state index contributed by atoms with van der Waals surface area (Å²) < 4.78 is 23.5. The molecule has 3 rings (SSSR count). The van der Waals surface area contributed by atoms with Gasteiger partial charge in [-0.25, -0.2) is 9.18 Å². The van der Waals surface area contributed by atoms with E-state index < -0.39 is 30.3 Å². The number of ether oxygens (including phenoxy) is 2. The monoisotopic (exact) mass is 334 g/mol. The standard InChI is InChI=1S/C17H12ClFO4/c18-12-4-5-15-11(6-12)8-16(23-15)17(21)22-9-14(20)10-2-1-3-13(19)7-10/h1-7,16H,8-9H2/t16-/m0/s1. The first-order chi connectivity index (χ1) is 11.0. The average Bonchev–Trinajstić information content (AvgIpc) is 2.95. The number of carbonyl (C=O) groups excluding carboxylic acids is 2. The number of hydrogen-bond acceptors (Lipinski definition) is 4. The minimum Gasteiger partial charge on any atom is -0.478 e. The highest BCUT2D eigenvalue weighted by Gasteiger charge is 2.31. The lowest BCUT2D eigenvalue weighted by Gasteiger charge is -2.10. The Balaban J connectivity index is 1.58. The van der Waals surface area contributed by atoms with E-state index in [4.69, 9.17) is 21.1 Å². The first-order valence-corrected chi connectivity index (χ1v) is 7.31.